The standard InChI is InChI=1S/C18H24N4O8.C17H21N3O5/c1-5-28-15(24)10-29-12-6-7-13(20-16(12)22(26)27)21-9-11(8-14(21)23)19-17(25)30-18(2,3)4;1-17(2,3)25-16(23)18-10-6-15(22)20(8-10)14-5-4-13-12(19-14)7-11(21)9-24-13/h6-7,11H,5,8-10H2,1-4H3,(H,19,25);4-5,10H,6-9H2,1-3H3,(H,18,23)/t11-;10-/m00/s1. The monoisotopic (exact) mass is 771 g/mol. The van der Waals surface area contributed by atoms with Crippen molar-refractivity contribution in [3.05, 3.63) is 40.1 Å². The molecule has 0 saturated carbocycles. The molecule has 0 aromatic carbocycles. The molecule has 2 aromatic rings. The maximum Gasteiger partial charge on any atom is 0.408 e. The van der Waals surface area contributed by atoms with Crippen molar-refractivity contribution in [2.45, 2.75) is 91.0 Å². The topological polar surface area (TPSA) is 248 Å². The number of nitrogens with zero attached hydrogens (tertiary/aromatic N) is 5. The summed E-state index contributed by atoms with van der Waals surface area (Å²) in [5.74, 6) is -1.05. The van der Waals surface area contributed by atoms with Crippen LogP contribution in [0.1, 0.15) is 67.0 Å². The van der Waals surface area contributed by atoms with Crippen LogP contribution in [0.2, 0.25) is 0 Å². The molecule has 55 heavy (non-hydrogen) atoms. The molecule has 0 unspecified atom stereocenters. The van der Waals surface area contributed by atoms with Gasteiger partial charge < -0.3 is 44.4 Å². The second-order valence-corrected chi connectivity index (χ2v) is 14.6. The molecule has 2 saturated heterocycles. The number of Topliss-reactive ketones (excluding diaryl/α,β-unsaturated/α-hetero) is 1. The minimum atomic E-state index is -0.777. The predicted molar refractivity (Wildman–Crippen MR) is 192 cm³/mol. The van der Waals surface area contributed by atoms with E-state index in [9.17, 15) is 38.9 Å². The zero-order chi connectivity index (χ0) is 40.7. The summed E-state index contributed by atoms with van der Waals surface area (Å²) in [7, 11) is 0. The molecule has 5 rings (SSSR count). The Hall–Kier alpha value is -6.08. The number of rotatable bonds is 9. The second-order valence-electron chi connectivity index (χ2n) is 14.6. The molecule has 2 aromatic heterocycles. The van der Waals surface area contributed by atoms with Gasteiger partial charge in [0.25, 0.3) is 5.82 Å². The second kappa shape index (κ2) is 17.4. The van der Waals surface area contributed by atoms with Gasteiger partial charge in [0.05, 0.1) is 37.4 Å². The third-order valence-electron chi connectivity index (χ3n) is 7.56. The molecule has 3 aliphatic rings. The maximum atomic E-state index is 12.3. The lowest BCUT2D eigenvalue weighted by Gasteiger charge is -2.22. The van der Waals surface area contributed by atoms with Crippen LogP contribution in [-0.2, 0) is 39.8 Å². The molecule has 2 atom stereocenters. The highest BCUT2D eigenvalue weighted by molar-refractivity contribution is 5.97. The van der Waals surface area contributed by atoms with E-state index in [0.717, 1.165) is 0 Å². The van der Waals surface area contributed by atoms with Crippen LogP contribution in [0.3, 0.4) is 0 Å². The Bertz CT molecular complexity index is 1820. The number of ether oxygens (including phenoxy) is 5. The van der Waals surface area contributed by atoms with Crippen LogP contribution < -0.4 is 29.9 Å². The Balaban J connectivity index is 0.000000248. The largest absolute Gasteiger partial charge is 0.484 e. The van der Waals surface area contributed by atoms with Crippen LogP contribution in [-0.4, -0.2) is 107 Å². The summed E-state index contributed by atoms with van der Waals surface area (Å²) in [6.45, 7) is 12.2. The number of anilines is 2. The van der Waals surface area contributed by atoms with E-state index in [2.05, 4.69) is 20.6 Å². The smallest absolute Gasteiger partial charge is 0.408 e. The van der Waals surface area contributed by atoms with Gasteiger partial charge in [-0.25, -0.2) is 19.4 Å². The van der Waals surface area contributed by atoms with Gasteiger partial charge in [-0.05, 0) is 76.6 Å². The number of nitrogens with one attached hydrogen (secondary N) is 2. The van der Waals surface area contributed by atoms with Crippen molar-refractivity contribution in [1.82, 2.24) is 20.6 Å². The van der Waals surface area contributed by atoms with E-state index < -0.39 is 52.7 Å². The Morgan fingerprint density at radius 2 is 1.40 bits per heavy atom. The molecule has 0 radical (unpaired) electrons. The lowest BCUT2D eigenvalue weighted by atomic mass is 10.1. The van der Waals surface area contributed by atoms with Crippen LogP contribution in [0.15, 0.2) is 24.3 Å². The molecular weight excluding hydrogens is 726 g/mol. The zero-order valence-electron chi connectivity index (χ0n) is 31.7. The number of carbonyl (C=O) groups is 6. The first-order chi connectivity index (χ1) is 25.7. The van der Waals surface area contributed by atoms with Crippen molar-refractivity contribution < 1.29 is 57.4 Å². The molecule has 3 aliphatic heterocycles. The fraction of sp³-hybridized carbons (Fsp3) is 0.543. The zero-order valence-corrected chi connectivity index (χ0v) is 31.7. The molecule has 20 heteroatoms. The van der Waals surface area contributed by atoms with Crippen molar-refractivity contribution in [3.63, 3.8) is 0 Å². The minimum Gasteiger partial charge on any atom is -0.484 e. The molecule has 4 amide bonds. The van der Waals surface area contributed by atoms with Crippen LogP contribution in [0.4, 0.5) is 27.0 Å². The fourth-order valence-corrected chi connectivity index (χ4v) is 5.44. The molecule has 5 heterocycles. The van der Waals surface area contributed by atoms with E-state index in [1.165, 1.54) is 21.9 Å². The van der Waals surface area contributed by atoms with Gasteiger partial charge in [-0.2, -0.15) is 0 Å². The number of hydrogen-bond acceptors (Lipinski definition) is 15. The summed E-state index contributed by atoms with van der Waals surface area (Å²) in [5.41, 5.74) is -0.752. The Morgan fingerprint density at radius 1 is 0.873 bits per heavy atom. The number of nitro groups is 1. The Labute approximate surface area is 316 Å². The molecule has 0 spiro atoms. The van der Waals surface area contributed by atoms with Crippen LogP contribution in [0.5, 0.6) is 11.5 Å². The quantitative estimate of drug-likeness (QED) is 0.161. The first-order valence-corrected chi connectivity index (χ1v) is 17.4. The van der Waals surface area contributed by atoms with E-state index in [1.807, 2.05) is 0 Å². The van der Waals surface area contributed by atoms with E-state index in [4.69, 9.17) is 23.7 Å². The van der Waals surface area contributed by atoms with Gasteiger partial charge in [-0.3, -0.25) is 24.2 Å². The van der Waals surface area contributed by atoms with Gasteiger partial charge in [0.2, 0.25) is 17.6 Å². The average molecular weight is 772 g/mol. The highest BCUT2D eigenvalue weighted by Gasteiger charge is 2.37. The third kappa shape index (κ3) is 12.2. The van der Waals surface area contributed by atoms with E-state index in [1.54, 1.807) is 60.6 Å². The van der Waals surface area contributed by atoms with Crippen LogP contribution >= 0.6 is 0 Å². The van der Waals surface area contributed by atoms with Crippen LogP contribution in [0, 0.1) is 10.1 Å². The number of fused-ring (bicyclic) bond motifs is 1. The Morgan fingerprint density at radius 3 is 1.91 bits per heavy atom. The number of esters is 1. The fourth-order valence-electron chi connectivity index (χ4n) is 5.44. The highest BCUT2D eigenvalue weighted by atomic mass is 16.6. The molecule has 2 fully saturated rings. The lowest BCUT2D eigenvalue weighted by molar-refractivity contribution is -0.390. The predicted octanol–water partition coefficient (Wildman–Crippen LogP) is 2.78. The SMILES string of the molecule is CC(C)(C)OC(=O)N[C@H]1CC(=O)N(c2ccc3c(n2)CC(=O)CO3)C1.CCOC(=O)COc1ccc(N2C[C@@H](NC(=O)OC(C)(C)C)CC2=O)nc1[N+](=O)[O-]. The summed E-state index contributed by atoms with van der Waals surface area (Å²) in [5, 5.41) is 16.7. The van der Waals surface area contributed by atoms with Crippen molar-refractivity contribution >= 4 is 53.2 Å². The van der Waals surface area contributed by atoms with E-state index in [0.29, 0.717) is 23.8 Å². The van der Waals surface area contributed by atoms with E-state index >= 15 is 0 Å². The third-order valence-corrected chi connectivity index (χ3v) is 7.56. The van der Waals surface area contributed by atoms with Crippen molar-refractivity contribution in [1.29, 1.82) is 0 Å². The van der Waals surface area contributed by atoms with Gasteiger partial charge in [0.15, 0.2) is 12.4 Å². The number of alkyl carbamates (subject to hydrolysis) is 2. The maximum absolute atomic E-state index is 12.3. The number of amides is 4. The highest BCUT2D eigenvalue weighted by Crippen LogP contribution is 2.30. The summed E-state index contributed by atoms with van der Waals surface area (Å²) in [4.78, 5) is 92.9. The number of ketones is 1. The lowest BCUT2D eigenvalue weighted by Crippen LogP contribution is -2.40. The summed E-state index contributed by atoms with van der Waals surface area (Å²) in [6.07, 6.45) is -0.845. The summed E-state index contributed by atoms with van der Waals surface area (Å²) < 4.78 is 25.5. The van der Waals surface area contributed by atoms with Gasteiger partial charge in [-0.1, -0.05) is 0 Å². The molecule has 298 valence electrons. The number of aromatic nitrogens is 2. The molecule has 2 N–H and O–H groups in total. The molecule has 0 aliphatic carbocycles. The summed E-state index contributed by atoms with van der Waals surface area (Å²) >= 11 is 0. The first-order valence-electron chi connectivity index (χ1n) is 17.4. The number of pyridine rings is 2. The molecular formula is C35H45N7O13. The van der Waals surface area contributed by atoms with Crippen LogP contribution in [0.25, 0.3) is 0 Å². The number of carbonyl (C=O) groups excluding carboxylic acids is 6. The number of hydrogen-bond donors (Lipinski definition) is 2. The summed E-state index contributed by atoms with van der Waals surface area (Å²) in [6, 6.07) is 5.13. The average Bonchev–Trinajstić information content (AvgIpc) is 3.62. The molecule has 0 bridgehead atoms. The van der Waals surface area contributed by atoms with Crippen molar-refractivity contribution in [2.24, 2.45) is 0 Å². The van der Waals surface area contributed by atoms with Crippen molar-refractivity contribution in [2.75, 3.05) is 42.7 Å². The van der Waals surface area contributed by atoms with E-state index in [-0.39, 0.29) is 74.2 Å². The van der Waals surface area contributed by atoms with Gasteiger partial charge in [0, 0.05) is 25.5 Å². The van der Waals surface area contributed by atoms with Gasteiger partial charge >= 0.3 is 24.0 Å². The van der Waals surface area contributed by atoms with Gasteiger partial charge in [-0.15, -0.1) is 0 Å². The van der Waals surface area contributed by atoms with Crippen molar-refractivity contribution in [3.8, 4) is 11.5 Å². The Kier molecular flexibility index (Phi) is 13.2. The van der Waals surface area contributed by atoms with Gasteiger partial charge in [0.1, 0.15) is 29.4 Å². The molecule has 20 nitrogen and oxygen atoms in total. The normalized spacial score (nSPS) is 18.0. The first kappa shape index (κ1) is 41.7. The minimum absolute atomic E-state index is 0.00414.